The molecule has 8 heteroatoms. The topological polar surface area (TPSA) is 125 Å². The van der Waals surface area contributed by atoms with Crippen LogP contribution in [0.1, 0.15) is 33.1 Å². The van der Waals surface area contributed by atoms with Gasteiger partial charge in [0, 0.05) is 33.2 Å². The summed E-state index contributed by atoms with van der Waals surface area (Å²) in [6, 6.07) is 0. The van der Waals surface area contributed by atoms with Gasteiger partial charge in [-0.3, -0.25) is 19.3 Å². The zero-order valence-electron chi connectivity index (χ0n) is 12.8. The summed E-state index contributed by atoms with van der Waals surface area (Å²) in [6.45, 7) is 3.01. The van der Waals surface area contributed by atoms with Crippen LogP contribution in [-0.2, 0) is 14.4 Å². The molecule has 0 aliphatic heterocycles. The number of amides is 2. The molecule has 0 saturated carbocycles. The van der Waals surface area contributed by atoms with E-state index in [0.29, 0.717) is 18.6 Å². The maximum absolute atomic E-state index is 11.6. The van der Waals surface area contributed by atoms with E-state index in [0.717, 1.165) is 0 Å². The molecule has 0 atom stereocenters. The number of hydrogen-bond donors (Lipinski definition) is 3. The molecule has 0 aliphatic rings. The van der Waals surface area contributed by atoms with Crippen molar-refractivity contribution in [1.82, 2.24) is 10.2 Å². The van der Waals surface area contributed by atoms with Crippen molar-refractivity contribution in [2.45, 2.75) is 33.1 Å². The molecule has 21 heavy (non-hydrogen) atoms. The van der Waals surface area contributed by atoms with Crippen LogP contribution in [0.25, 0.3) is 0 Å². The molecule has 0 aliphatic carbocycles. The Labute approximate surface area is 123 Å². The number of aliphatic carboxylic acids is 1. The molecule has 0 spiro atoms. The highest BCUT2D eigenvalue weighted by atomic mass is 16.4. The Morgan fingerprint density at radius 3 is 2.24 bits per heavy atom. The van der Waals surface area contributed by atoms with Gasteiger partial charge in [0.1, 0.15) is 5.70 Å². The molecule has 0 saturated heterocycles. The first-order valence-corrected chi connectivity index (χ1v) is 6.42. The monoisotopic (exact) mass is 298 g/mol. The van der Waals surface area contributed by atoms with Crippen LogP contribution in [0.3, 0.4) is 0 Å². The number of carboxylic acid groups (broad SMARTS) is 1. The fraction of sp³-hybridized carbons (Fsp3) is 0.538. The van der Waals surface area contributed by atoms with E-state index in [4.69, 9.17) is 10.8 Å². The highest BCUT2D eigenvalue weighted by Crippen LogP contribution is 2.10. The number of aliphatic imine (C=N–C) groups is 1. The minimum absolute atomic E-state index is 0.0272. The van der Waals surface area contributed by atoms with Crippen LogP contribution in [0.4, 0.5) is 0 Å². The number of nitrogens with zero attached hydrogens (tertiary/aromatic N) is 2. The van der Waals surface area contributed by atoms with Crippen LogP contribution in [-0.4, -0.2) is 47.6 Å². The zero-order chi connectivity index (χ0) is 16.6. The van der Waals surface area contributed by atoms with Crippen LogP contribution >= 0.6 is 0 Å². The molecule has 2 amide bonds. The lowest BCUT2D eigenvalue weighted by atomic mass is 10.2. The van der Waals surface area contributed by atoms with Gasteiger partial charge in [-0.1, -0.05) is 0 Å². The van der Waals surface area contributed by atoms with E-state index in [1.807, 2.05) is 0 Å². The molecule has 0 heterocycles. The predicted molar refractivity (Wildman–Crippen MR) is 78.3 cm³/mol. The lowest BCUT2D eigenvalue weighted by molar-refractivity contribution is -0.137. The number of carboxylic acids is 1. The van der Waals surface area contributed by atoms with E-state index in [9.17, 15) is 14.4 Å². The molecule has 0 aromatic heterocycles. The average Bonchev–Trinajstić information content (AvgIpc) is 2.41. The van der Waals surface area contributed by atoms with Gasteiger partial charge in [-0.25, -0.2) is 4.99 Å². The quantitative estimate of drug-likeness (QED) is 0.452. The third-order valence-electron chi connectivity index (χ3n) is 2.73. The Morgan fingerprint density at radius 2 is 1.81 bits per heavy atom. The molecule has 0 aromatic rings. The minimum Gasteiger partial charge on any atom is -0.481 e. The van der Waals surface area contributed by atoms with Crippen LogP contribution < -0.4 is 11.1 Å². The van der Waals surface area contributed by atoms with Gasteiger partial charge in [0.05, 0.1) is 0 Å². The second-order valence-electron chi connectivity index (χ2n) is 4.49. The van der Waals surface area contributed by atoms with Crippen molar-refractivity contribution < 1.29 is 19.5 Å². The second-order valence-corrected chi connectivity index (χ2v) is 4.49. The molecule has 118 valence electrons. The van der Waals surface area contributed by atoms with Gasteiger partial charge in [0.2, 0.25) is 5.91 Å². The molecule has 0 bridgehead atoms. The molecule has 0 unspecified atom stereocenters. The van der Waals surface area contributed by atoms with Gasteiger partial charge in [0.15, 0.2) is 5.82 Å². The van der Waals surface area contributed by atoms with Crippen molar-refractivity contribution in [3.05, 3.63) is 11.5 Å². The normalized spacial score (nSPS) is 12.5. The molecule has 4 N–H and O–H groups in total. The van der Waals surface area contributed by atoms with Crippen molar-refractivity contribution in [3.8, 4) is 0 Å². The van der Waals surface area contributed by atoms with Crippen LogP contribution in [0, 0.1) is 0 Å². The van der Waals surface area contributed by atoms with Gasteiger partial charge < -0.3 is 16.2 Å². The Morgan fingerprint density at radius 1 is 1.24 bits per heavy atom. The summed E-state index contributed by atoms with van der Waals surface area (Å²) in [6.07, 6.45) is 0.879. The van der Waals surface area contributed by atoms with Gasteiger partial charge >= 0.3 is 5.97 Å². The smallest absolute Gasteiger partial charge is 0.303 e. The first kappa shape index (κ1) is 18.6. The fourth-order valence-electron chi connectivity index (χ4n) is 1.43. The third kappa shape index (κ3) is 6.55. The van der Waals surface area contributed by atoms with Crippen molar-refractivity contribution in [2.24, 2.45) is 10.7 Å². The van der Waals surface area contributed by atoms with E-state index >= 15 is 0 Å². The summed E-state index contributed by atoms with van der Waals surface area (Å²) >= 11 is 0. The highest BCUT2D eigenvalue weighted by Gasteiger charge is 2.17. The molecular weight excluding hydrogens is 276 g/mol. The number of carbonyl (C=O) groups is 3. The highest BCUT2D eigenvalue weighted by molar-refractivity contribution is 5.94. The Hall–Kier alpha value is -2.38. The molecule has 0 rings (SSSR count). The van der Waals surface area contributed by atoms with Crippen LogP contribution in [0.2, 0.25) is 0 Å². The third-order valence-corrected chi connectivity index (χ3v) is 2.73. The lowest BCUT2D eigenvalue weighted by Gasteiger charge is -2.18. The van der Waals surface area contributed by atoms with Crippen molar-refractivity contribution in [2.75, 3.05) is 14.1 Å². The van der Waals surface area contributed by atoms with E-state index in [-0.39, 0.29) is 23.8 Å². The number of nitrogens with one attached hydrogen (secondary N) is 1. The molecule has 0 radical (unpaired) electrons. The number of carbonyl (C=O) groups excluding carboxylic acids is 2. The predicted octanol–water partition coefficient (Wildman–Crippen LogP) is 0.0543. The number of nitrogens with two attached hydrogens (primary N) is 1. The summed E-state index contributed by atoms with van der Waals surface area (Å²) in [5.74, 6) is -1.70. The van der Waals surface area contributed by atoms with Gasteiger partial charge in [-0.15, -0.1) is 0 Å². The Balaban J connectivity index is 5.28. The first-order chi connectivity index (χ1) is 9.70. The standard InChI is InChI=1S/C13H22N4O4/c1-8(6-5-7-10(19)20)16-12(17(4)9(2)18)11(14)13(21)15-3/h5-7,14H2,1-4H3,(H,15,21)(H,19,20)/b12-11+,16-8+. The van der Waals surface area contributed by atoms with E-state index < -0.39 is 11.9 Å². The molecule has 0 aromatic carbocycles. The van der Waals surface area contributed by atoms with E-state index in [2.05, 4.69) is 10.3 Å². The lowest BCUT2D eigenvalue weighted by Crippen LogP contribution is -2.32. The molecular formula is C13H22N4O4. The maximum atomic E-state index is 11.6. The number of likely N-dealkylation sites (N-methyl/N-ethyl adjacent to an activating group) is 1. The summed E-state index contributed by atoms with van der Waals surface area (Å²) in [4.78, 5) is 38.8. The van der Waals surface area contributed by atoms with Crippen molar-refractivity contribution >= 4 is 23.5 Å². The summed E-state index contributed by atoms with van der Waals surface area (Å²) in [5, 5.41) is 11.0. The maximum Gasteiger partial charge on any atom is 0.303 e. The van der Waals surface area contributed by atoms with Gasteiger partial charge in [-0.2, -0.15) is 0 Å². The number of rotatable bonds is 7. The summed E-state index contributed by atoms with van der Waals surface area (Å²) in [7, 11) is 2.88. The fourth-order valence-corrected chi connectivity index (χ4v) is 1.43. The summed E-state index contributed by atoms with van der Waals surface area (Å²) < 4.78 is 0. The second kappa shape index (κ2) is 8.72. The van der Waals surface area contributed by atoms with Gasteiger partial charge in [-0.05, 0) is 19.8 Å². The Kier molecular flexibility index (Phi) is 7.74. The van der Waals surface area contributed by atoms with E-state index in [1.54, 1.807) is 6.92 Å². The zero-order valence-corrected chi connectivity index (χ0v) is 12.8. The molecule has 8 nitrogen and oxygen atoms in total. The van der Waals surface area contributed by atoms with Gasteiger partial charge in [0.25, 0.3) is 5.91 Å². The van der Waals surface area contributed by atoms with Crippen molar-refractivity contribution in [1.29, 1.82) is 0 Å². The number of hydrogen-bond acceptors (Lipinski definition) is 5. The van der Waals surface area contributed by atoms with E-state index in [1.165, 1.54) is 25.9 Å². The SMILES string of the molecule is CNC(=O)/C(N)=C(/N=C(\C)CCCC(=O)O)N(C)C(C)=O. The van der Waals surface area contributed by atoms with Crippen LogP contribution in [0.5, 0.6) is 0 Å². The van der Waals surface area contributed by atoms with Crippen molar-refractivity contribution in [3.63, 3.8) is 0 Å². The average molecular weight is 298 g/mol. The largest absolute Gasteiger partial charge is 0.481 e. The molecule has 0 fully saturated rings. The Bertz CT molecular complexity index is 483. The minimum atomic E-state index is -0.885. The summed E-state index contributed by atoms with van der Waals surface area (Å²) in [5.41, 5.74) is 6.12. The van der Waals surface area contributed by atoms with Crippen LogP contribution in [0.15, 0.2) is 16.5 Å². The first-order valence-electron chi connectivity index (χ1n) is 6.42.